The van der Waals surface area contributed by atoms with E-state index < -0.39 is 6.10 Å². The van der Waals surface area contributed by atoms with Crippen molar-refractivity contribution in [2.75, 3.05) is 13.2 Å². The number of rotatable bonds is 11. The number of ketones is 1. The first-order valence-electron chi connectivity index (χ1n) is 7.29. The van der Waals surface area contributed by atoms with Gasteiger partial charge in [0.05, 0.1) is 17.6 Å². The van der Waals surface area contributed by atoms with E-state index in [0.29, 0.717) is 31.8 Å². The average molecular weight is 299 g/mol. The first-order chi connectivity index (χ1) is 9.67. The Hall–Kier alpha value is -0.780. The summed E-state index contributed by atoms with van der Waals surface area (Å²) in [6.07, 6.45) is 3.18. The molecule has 0 aromatic carbocycles. The zero-order valence-corrected chi connectivity index (χ0v) is 13.2. The first kappa shape index (κ1) is 17.3. The van der Waals surface area contributed by atoms with Gasteiger partial charge in [-0.1, -0.05) is 20.3 Å². The van der Waals surface area contributed by atoms with Gasteiger partial charge < -0.3 is 9.84 Å². The van der Waals surface area contributed by atoms with Crippen LogP contribution in [0, 0.1) is 5.92 Å². The van der Waals surface area contributed by atoms with Crippen LogP contribution in [0.25, 0.3) is 0 Å². The van der Waals surface area contributed by atoms with Crippen LogP contribution in [0.5, 0.6) is 0 Å². The average Bonchev–Trinajstić information content (AvgIpc) is 2.94. The molecule has 1 aromatic heterocycles. The van der Waals surface area contributed by atoms with Crippen molar-refractivity contribution in [2.24, 2.45) is 5.92 Å². The molecule has 1 rings (SSSR count). The number of carbonyl (C=O) groups is 1. The molecule has 0 radical (unpaired) electrons. The molecule has 114 valence electrons. The van der Waals surface area contributed by atoms with Crippen molar-refractivity contribution < 1.29 is 14.6 Å². The largest absolute Gasteiger partial charge is 0.396 e. The highest BCUT2D eigenvalue weighted by Crippen LogP contribution is 2.12. The van der Waals surface area contributed by atoms with Gasteiger partial charge in [0.25, 0.3) is 0 Å². The molecule has 0 aliphatic rings. The van der Waals surface area contributed by atoms with E-state index in [1.165, 1.54) is 11.3 Å². The molecule has 0 aliphatic heterocycles. The van der Waals surface area contributed by atoms with Crippen molar-refractivity contribution in [2.45, 2.75) is 52.1 Å². The fraction of sp³-hybridized carbons (Fsp3) is 0.733. The lowest BCUT2D eigenvalue weighted by Crippen LogP contribution is -2.27. The van der Waals surface area contributed by atoms with Gasteiger partial charge >= 0.3 is 0 Å². The summed E-state index contributed by atoms with van der Waals surface area (Å²) >= 11 is 1.49. The highest BCUT2D eigenvalue weighted by molar-refractivity contribution is 7.07. The van der Waals surface area contributed by atoms with Crippen LogP contribution in [0.3, 0.4) is 0 Å². The second-order valence-corrected chi connectivity index (χ2v) is 5.87. The Labute approximate surface area is 125 Å². The molecule has 0 aliphatic carbocycles. The number of aromatic nitrogens is 1. The van der Waals surface area contributed by atoms with Crippen LogP contribution >= 0.6 is 11.3 Å². The summed E-state index contributed by atoms with van der Waals surface area (Å²) in [5.74, 6) is 0.677. The summed E-state index contributed by atoms with van der Waals surface area (Å²) < 4.78 is 5.74. The third-order valence-corrected chi connectivity index (χ3v) is 4.08. The van der Waals surface area contributed by atoms with Crippen molar-refractivity contribution in [3.8, 4) is 0 Å². The van der Waals surface area contributed by atoms with Gasteiger partial charge in [-0.2, -0.15) is 0 Å². The third kappa shape index (κ3) is 6.59. The van der Waals surface area contributed by atoms with E-state index in [1.54, 1.807) is 5.51 Å². The van der Waals surface area contributed by atoms with Crippen LogP contribution in [0.2, 0.25) is 0 Å². The molecule has 20 heavy (non-hydrogen) atoms. The van der Waals surface area contributed by atoms with Gasteiger partial charge in [0.2, 0.25) is 0 Å². The van der Waals surface area contributed by atoms with E-state index in [-0.39, 0.29) is 12.4 Å². The normalized spacial score (nSPS) is 14.2. The second-order valence-electron chi connectivity index (χ2n) is 5.15. The zero-order valence-electron chi connectivity index (χ0n) is 12.4. The summed E-state index contributed by atoms with van der Waals surface area (Å²) in [4.78, 5) is 16.4. The number of thiazole rings is 1. The molecule has 1 N–H and O–H groups in total. The van der Waals surface area contributed by atoms with Crippen molar-refractivity contribution in [1.29, 1.82) is 0 Å². The smallest absolute Gasteiger partial charge is 0.167 e. The lowest BCUT2D eigenvalue weighted by Gasteiger charge is -2.17. The fourth-order valence-electron chi connectivity index (χ4n) is 1.85. The van der Waals surface area contributed by atoms with Gasteiger partial charge in [-0.15, -0.1) is 11.3 Å². The predicted octanol–water partition coefficient (Wildman–Crippen LogP) is 2.85. The Balaban J connectivity index is 2.43. The number of nitrogens with zero attached hydrogens (tertiary/aromatic N) is 1. The van der Waals surface area contributed by atoms with Crippen molar-refractivity contribution in [1.82, 2.24) is 4.98 Å². The first-order valence-corrected chi connectivity index (χ1v) is 8.23. The Morgan fingerprint density at radius 2 is 2.30 bits per heavy atom. The van der Waals surface area contributed by atoms with E-state index in [0.717, 1.165) is 18.5 Å². The molecule has 1 heterocycles. The predicted molar refractivity (Wildman–Crippen MR) is 81.0 cm³/mol. The van der Waals surface area contributed by atoms with Crippen molar-refractivity contribution in [3.63, 3.8) is 0 Å². The molecule has 0 bridgehead atoms. The summed E-state index contributed by atoms with van der Waals surface area (Å²) in [6, 6.07) is 0. The monoisotopic (exact) mass is 299 g/mol. The maximum Gasteiger partial charge on any atom is 0.167 e. The Morgan fingerprint density at radius 3 is 2.90 bits per heavy atom. The van der Waals surface area contributed by atoms with E-state index in [4.69, 9.17) is 9.84 Å². The third-order valence-electron chi connectivity index (χ3n) is 3.45. The maximum absolute atomic E-state index is 12.2. The standard InChI is InChI=1S/C15H25NO3S/c1-3-12(2)6-8-19-15(5-4-7-17)14(18)9-13-10-20-11-16-13/h10-12,15,17H,3-9H2,1-2H3. The van der Waals surface area contributed by atoms with Crippen LogP contribution in [0.1, 0.15) is 45.2 Å². The summed E-state index contributed by atoms with van der Waals surface area (Å²) in [7, 11) is 0. The highest BCUT2D eigenvalue weighted by atomic mass is 32.1. The fourth-order valence-corrected chi connectivity index (χ4v) is 2.41. The highest BCUT2D eigenvalue weighted by Gasteiger charge is 2.19. The zero-order chi connectivity index (χ0) is 14.8. The Bertz CT molecular complexity index is 367. The van der Waals surface area contributed by atoms with Crippen LogP contribution in [-0.2, 0) is 16.0 Å². The summed E-state index contributed by atoms with van der Waals surface area (Å²) in [5, 5.41) is 10.8. The minimum Gasteiger partial charge on any atom is -0.396 e. The molecule has 4 nitrogen and oxygen atoms in total. The molecular weight excluding hydrogens is 274 g/mol. The Morgan fingerprint density at radius 1 is 1.50 bits per heavy atom. The number of aliphatic hydroxyl groups excluding tert-OH is 1. The van der Waals surface area contributed by atoms with Crippen LogP contribution in [-0.4, -0.2) is 35.2 Å². The SMILES string of the molecule is CCC(C)CCOC(CCCO)C(=O)Cc1cscn1. The molecule has 0 amide bonds. The van der Waals surface area contributed by atoms with Gasteiger partial charge in [0, 0.05) is 18.6 Å². The molecule has 2 atom stereocenters. The molecule has 5 heteroatoms. The number of carbonyl (C=O) groups excluding carboxylic acids is 1. The minimum absolute atomic E-state index is 0.0634. The molecule has 0 fully saturated rings. The van der Waals surface area contributed by atoms with Gasteiger partial charge in [-0.25, -0.2) is 4.98 Å². The second kappa shape index (κ2) is 10.0. The topological polar surface area (TPSA) is 59.4 Å². The van der Waals surface area contributed by atoms with Crippen LogP contribution in [0.4, 0.5) is 0 Å². The van der Waals surface area contributed by atoms with E-state index in [1.807, 2.05) is 5.38 Å². The summed E-state index contributed by atoms with van der Waals surface area (Å²) in [5.41, 5.74) is 2.54. The number of aliphatic hydroxyl groups is 1. The van der Waals surface area contributed by atoms with Crippen molar-refractivity contribution >= 4 is 17.1 Å². The summed E-state index contributed by atoms with van der Waals surface area (Å²) in [6.45, 7) is 5.04. The van der Waals surface area contributed by atoms with E-state index in [2.05, 4.69) is 18.8 Å². The van der Waals surface area contributed by atoms with Crippen LogP contribution < -0.4 is 0 Å². The number of hydrogen-bond donors (Lipinski definition) is 1. The maximum atomic E-state index is 12.2. The van der Waals surface area contributed by atoms with E-state index >= 15 is 0 Å². The lowest BCUT2D eigenvalue weighted by atomic mass is 10.0. The molecule has 2 unspecified atom stereocenters. The van der Waals surface area contributed by atoms with Gasteiger partial charge in [-0.3, -0.25) is 4.79 Å². The van der Waals surface area contributed by atoms with Gasteiger partial charge in [0.1, 0.15) is 6.10 Å². The number of Topliss-reactive ketones (excluding diaryl/α,β-unsaturated/α-hetero) is 1. The van der Waals surface area contributed by atoms with Crippen molar-refractivity contribution in [3.05, 3.63) is 16.6 Å². The van der Waals surface area contributed by atoms with E-state index in [9.17, 15) is 4.79 Å². The van der Waals surface area contributed by atoms with Crippen LogP contribution in [0.15, 0.2) is 10.9 Å². The Kier molecular flexibility index (Phi) is 8.65. The number of hydrogen-bond acceptors (Lipinski definition) is 5. The molecular formula is C15H25NO3S. The number of ether oxygens (including phenoxy) is 1. The van der Waals surface area contributed by atoms with Gasteiger partial charge in [-0.05, 0) is 25.2 Å². The molecule has 1 aromatic rings. The van der Waals surface area contributed by atoms with Gasteiger partial charge in [0.15, 0.2) is 5.78 Å². The molecule has 0 spiro atoms. The lowest BCUT2D eigenvalue weighted by molar-refractivity contribution is -0.130. The minimum atomic E-state index is -0.409. The molecule has 0 saturated carbocycles. The quantitative estimate of drug-likeness (QED) is 0.682. The molecule has 0 saturated heterocycles.